The van der Waals surface area contributed by atoms with Crippen molar-refractivity contribution in [3.8, 4) is 0 Å². The van der Waals surface area contributed by atoms with Crippen LogP contribution in [0.5, 0.6) is 0 Å². The molecule has 1 aromatic heterocycles. The van der Waals surface area contributed by atoms with Gasteiger partial charge < -0.3 is 10.6 Å². The van der Waals surface area contributed by atoms with Crippen molar-refractivity contribution in [2.24, 2.45) is 0 Å². The Bertz CT molecular complexity index is 392. The molecule has 0 saturated carbocycles. The number of nitrogens with zero attached hydrogens (tertiary/aromatic N) is 1. The van der Waals surface area contributed by atoms with Crippen molar-refractivity contribution < 1.29 is 9.00 Å². The van der Waals surface area contributed by atoms with Crippen LogP contribution in [0, 0.1) is 0 Å². The van der Waals surface area contributed by atoms with Crippen molar-refractivity contribution in [2.45, 2.75) is 6.42 Å². The Kier molecular flexibility index (Phi) is 5.62. The lowest BCUT2D eigenvalue weighted by Crippen LogP contribution is -2.26. The molecule has 0 fully saturated rings. The van der Waals surface area contributed by atoms with Gasteiger partial charge in [-0.1, -0.05) is 0 Å². The lowest BCUT2D eigenvalue weighted by Gasteiger charge is -2.04. The third kappa shape index (κ3) is 4.95. The molecule has 17 heavy (non-hydrogen) atoms. The fraction of sp³-hybridized carbons (Fsp3) is 0.455. The molecule has 0 spiro atoms. The van der Waals surface area contributed by atoms with Gasteiger partial charge in [0.15, 0.2) is 0 Å². The third-order valence-electron chi connectivity index (χ3n) is 2.18. The van der Waals surface area contributed by atoms with Gasteiger partial charge in [-0.05, 0) is 18.6 Å². The van der Waals surface area contributed by atoms with Gasteiger partial charge in [0.2, 0.25) is 0 Å². The van der Waals surface area contributed by atoms with Crippen LogP contribution in [0.2, 0.25) is 0 Å². The van der Waals surface area contributed by atoms with Gasteiger partial charge in [-0.3, -0.25) is 9.00 Å². The molecule has 0 aliphatic heterocycles. The van der Waals surface area contributed by atoms with Crippen LogP contribution in [0.3, 0.4) is 0 Å². The Hall–Kier alpha value is -1.43. The standard InChI is InChI=1S/C11H17N3O2S/c1-12-9-4-5-10(14-8-9)11(15)13-6-3-7-17(2)16/h4-5,8,12H,3,6-7H2,1-2H3,(H,13,15). The summed E-state index contributed by atoms with van der Waals surface area (Å²) in [5, 5.41) is 5.67. The second-order valence-electron chi connectivity index (χ2n) is 3.57. The molecule has 6 heteroatoms. The summed E-state index contributed by atoms with van der Waals surface area (Å²) in [5.74, 6) is 0.404. The number of hydrogen-bond acceptors (Lipinski definition) is 4. The van der Waals surface area contributed by atoms with E-state index < -0.39 is 10.8 Å². The first-order valence-corrected chi connectivity index (χ1v) is 7.08. The summed E-state index contributed by atoms with van der Waals surface area (Å²) >= 11 is 0. The van der Waals surface area contributed by atoms with Gasteiger partial charge in [-0.25, -0.2) is 4.98 Å². The van der Waals surface area contributed by atoms with E-state index >= 15 is 0 Å². The number of carbonyl (C=O) groups is 1. The van der Waals surface area contributed by atoms with E-state index in [0.717, 1.165) is 5.69 Å². The highest BCUT2D eigenvalue weighted by Gasteiger charge is 2.05. The molecule has 0 aromatic carbocycles. The number of hydrogen-bond donors (Lipinski definition) is 2. The molecule has 94 valence electrons. The minimum atomic E-state index is -0.804. The molecular weight excluding hydrogens is 238 g/mol. The number of rotatable bonds is 6. The van der Waals surface area contributed by atoms with Crippen LogP contribution in [0.1, 0.15) is 16.9 Å². The van der Waals surface area contributed by atoms with Gasteiger partial charge in [0.05, 0.1) is 11.9 Å². The zero-order chi connectivity index (χ0) is 12.7. The first-order chi connectivity index (χ1) is 8.13. The molecule has 1 amide bonds. The van der Waals surface area contributed by atoms with Crippen LogP contribution in [0.15, 0.2) is 18.3 Å². The van der Waals surface area contributed by atoms with Crippen molar-refractivity contribution in [1.82, 2.24) is 10.3 Å². The Balaban J connectivity index is 2.38. The van der Waals surface area contributed by atoms with Crippen LogP contribution in [0.25, 0.3) is 0 Å². The number of amides is 1. The summed E-state index contributed by atoms with van der Waals surface area (Å²) in [4.78, 5) is 15.6. The highest BCUT2D eigenvalue weighted by molar-refractivity contribution is 7.84. The van der Waals surface area contributed by atoms with E-state index in [-0.39, 0.29) is 5.91 Å². The topological polar surface area (TPSA) is 71.1 Å². The minimum Gasteiger partial charge on any atom is -0.387 e. The molecule has 1 heterocycles. The largest absolute Gasteiger partial charge is 0.387 e. The highest BCUT2D eigenvalue weighted by Crippen LogP contribution is 2.04. The predicted octanol–water partition coefficient (Wildman–Crippen LogP) is 0.622. The van der Waals surface area contributed by atoms with Gasteiger partial charge >= 0.3 is 0 Å². The Morgan fingerprint density at radius 1 is 1.47 bits per heavy atom. The molecule has 0 aliphatic rings. The minimum absolute atomic E-state index is 0.200. The molecule has 0 radical (unpaired) electrons. The second-order valence-corrected chi connectivity index (χ2v) is 5.12. The van der Waals surface area contributed by atoms with Crippen LogP contribution in [-0.4, -0.2) is 40.7 Å². The first kappa shape index (κ1) is 13.6. The molecule has 1 rings (SSSR count). The SMILES string of the molecule is CNc1ccc(C(=O)NCCCS(C)=O)nc1. The van der Waals surface area contributed by atoms with Crippen molar-refractivity contribution in [3.05, 3.63) is 24.0 Å². The third-order valence-corrected chi connectivity index (χ3v) is 3.04. The van der Waals surface area contributed by atoms with Gasteiger partial charge in [0.1, 0.15) is 5.69 Å². The predicted molar refractivity (Wildman–Crippen MR) is 69.7 cm³/mol. The lowest BCUT2D eigenvalue weighted by atomic mass is 10.3. The van der Waals surface area contributed by atoms with Gasteiger partial charge in [-0.2, -0.15) is 0 Å². The Morgan fingerprint density at radius 2 is 2.24 bits per heavy atom. The zero-order valence-electron chi connectivity index (χ0n) is 10.0. The Labute approximate surface area is 103 Å². The quantitative estimate of drug-likeness (QED) is 0.731. The average Bonchev–Trinajstić information content (AvgIpc) is 2.34. The van der Waals surface area contributed by atoms with E-state index in [1.807, 2.05) is 0 Å². The van der Waals surface area contributed by atoms with Crippen molar-refractivity contribution in [1.29, 1.82) is 0 Å². The summed E-state index contributed by atoms with van der Waals surface area (Å²) < 4.78 is 10.8. The molecule has 5 nitrogen and oxygen atoms in total. The summed E-state index contributed by atoms with van der Waals surface area (Å²) in [6.45, 7) is 0.522. The maximum absolute atomic E-state index is 11.6. The molecule has 2 N–H and O–H groups in total. The van der Waals surface area contributed by atoms with Crippen LogP contribution >= 0.6 is 0 Å². The smallest absolute Gasteiger partial charge is 0.269 e. The lowest BCUT2D eigenvalue weighted by molar-refractivity contribution is 0.0949. The molecule has 1 aromatic rings. The van der Waals surface area contributed by atoms with Crippen LogP contribution < -0.4 is 10.6 Å². The maximum atomic E-state index is 11.6. The summed E-state index contributed by atoms with van der Waals surface area (Å²) in [6.07, 6.45) is 3.97. The monoisotopic (exact) mass is 255 g/mol. The van der Waals surface area contributed by atoms with Crippen molar-refractivity contribution >= 4 is 22.4 Å². The first-order valence-electron chi connectivity index (χ1n) is 5.35. The van der Waals surface area contributed by atoms with Crippen molar-refractivity contribution in [3.63, 3.8) is 0 Å². The molecular formula is C11H17N3O2S. The average molecular weight is 255 g/mol. The van der Waals surface area contributed by atoms with Crippen LogP contribution in [-0.2, 0) is 10.8 Å². The van der Waals surface area contributed by atoms with E-state index in [0.29, 0.717) is 24.4 Å². The molecule has 1 unspecified atom stereocenters. The number of pyridine rings is 1. The van der Waals surface area contributed by atoms with E-state index in [4.69, 9.17) is 0 Å². The molecule has 0 bridgehead atoms. The summed E-state index contributed by atoms with van der Waals surface area (Å²) in [7, 11) is 0.989. The number of anilines is 1. The zero-order valence-corrected chi connectivity index (χ0v) is 10.8. The fourth-order valence-corrected chi connectivity index (χ4v) is 1.79. The van der Waals surface area contributed by atoms with E-state index in [1.165, 1.54) is 0 Å². The molecule has 1 atom stereocenters. The second kappa shape index (κ2) is 7.01. The van der Waals surface area contributed by atoms with Crippen molar-refractivity contribution in [2.75, 3.05) is 30.9 Å². The van der Waals surface area contributed by atoms with Gasteiger partial charge in [-0.15, -0.1) is 0 Å². The molecule has 0 aliphatic carbocycles. The summed E-state index contributed by atoms with van der Waals surface area (Å²) in [5.41, 5.74) is 1.25. The summed E-state index contributed by atoms with van der Waals surface area (Å²) in [6, 6.07) is 3.46. The fourth-order valence-electron chi connectivity index (χ4n) is 1.24. The van der Waals surface area contributed by atoms with Crippen LogP contribution in [0.4, 0.5) is 5.69 Å². The Morgan fingerprint density at radius 3 is 2.76 bits per heavy atom. The van der Waals surface area contributed by atoms with Gasteiger partial charge in [0.25, 0.3) is 5.91 Å². The number of aromatic nitrogens is 1. The van der Waals surface area contributed by atoms with E-state index in [9.17, 15) is 9.00 Å². The van der Waals surface area contributed by atoms with E-state index in [1.54, 1.807) is 31.6 Å². The highest BCUT2D eigenvalue weighted by atomic mass is 32.2. The number of carbonyl (C=O) groups excluding carboxylic acids is 1. The van der Waals surface area contributed by atoms with Gasteiger partial charge in [0, 0.05) is 36.4 Å². The normalized spacial score (nSPS) is 11.9. The van der Waals surface area contributed by atoms with E-state index in [2.05, 4.69) is 15.6 Å². The molecule has 0 saturated heterocycles. The number of nitrogens with one attached hydrogen (secondary N) is 2. The maximum Gasteiger partial charge on any atom is 0.269 e.